The van der Waals surface area contributed by atoms with E-state index in [4.69, 9.17) is 14.2 Å². The first-order valence-electron chi connectivity index (χ1n) is 5.78. The van der Waals surface area contributed by atoms with E-state index < -0.39 is 0 Å². The molecule has 1 aromatic carbocycles. The number of benzene rings is 1. The lowest BCUT2D eigenvalue weighted by atomic mass is 10.2. The highest BCUT2D eigenvalue weighted by Gasteiger charge is 2.09. The molecule has 0 atom stereocenters. The van der Waals surface area contributed by atoms with Gasteiger partial charge in [0, 0.05) is 6.08 Å². The van der Waals surface area contributed by atoms with E-state index in [2.05, 4.69) is 15.9 Å². The van der Waals surface area contributed by atoms with Gasteiger partial charge in [0.2, 0.25) is 0 Å². The molecule has 0 saturated heterocycles. The highest BCUT2D eigenvalue weighted by Crippen LogP contribution is 2.36. The Morgan fingerprint density at radius 2 is 1.95 bits per heavy atom. The molecule has 0 radical (unpaired) electrons. The number of esters is 1. The van der Waals surface area contributed by atoms with Crippen molar-refractivity contribution in [2.75, 3.05) is 14.2 Å². The Morgan fingerprint density at radius 1 is 1.26 bits per heavy atom. The van der Waals surface area contributed by atoms with Crippen LogP contribution in [0.2, 0.25) is 0 Å². The molecule has 0 unspecified atom stereocenters. The van der Waals surface area contributed by atoms with E-state index in [0.29, 0.717) is 11.5 Å². The number of ether oxygens (including phenoxy) is 3. The van der Waals surface area contributed by atoms with E-state index in [1.165, 1.54) is 6.08 Å². The van der Waals surface area contributed by atoms with E-state index in [0.717, 1.165) is 10.0 Å². The maximum Gasteiger partial charge on any atom is 0.331 e. The van der Waals surface area contributed by atoms with E-state index in [1.54, 1.807) is 40.2 Å². The third-order valence-corrected chi connectivity index (χ3v) is 2.81. The van der Waals surface area contributed by atoms with Crippen molar-refractivity contribution in [1.82, 2.24) is 0 Å². The topological polar surface area (TPSA) is 44.8 Å². The fourth-order valence-electron chi connectivity index (χ4n) is 1.47. The van der Waals surface area contributed by atoms with Gasteiger partial charge in [-0.1, -0.05) is 0 Å². The van der Waals surface area contributed by atoms with Crippen LogP contribution in [0.25, 0.3) is 6.08 Å². The molecular weight excluding hydrogens is 312 g/mol. The molecule has 0 N–H and O–H groups in total. The van der Waals surface area contributed by atoms with Gasteiger partial charge in [-0.3, -0.25) is 0 Å². The largest absolute Gasteiger partial charge is 0.493 e. The summed E-state index contributed by atoms with van der Waals surface area (Å²) in [5.41, 5.74) is 0.810. The predicted octanol–water partition coefficient (Wildman–Crippen LogP) is 3.43. The average molecular weight is 329 g/mol. The molecule has 1 aromatic rings. The van der Waals surface area contributed by atoms with Crippen LogP contribution in [0.5, 0.6) is 11.5 Å². The van der Waals surface area contributed by atoms with E-state index in [1.807, 2.05) is 6.07 Å². The first kappa shape index (κ1) is 15.6. The maximum atomic E-state index is 11.4. The normalized spacial score (nSPS) is 10.8. The Labute approximate surface area is 121 Å². The smallest absolute Gasteiger partial charge is 0.331 e. The van der Waals surface area contributed by atoms with Crippen LogP contribution in [0.1, 0.15) is 19.4 Å². The predicted molar refractivity (Wildman–Crippen MR) is 77.5 cm³/mol. The molecule has 104 valence electrons. The number of carbonyl (C=O) groups excluding carboxylic acids is 1. The summed E-state index contributed by atoms with van der Waals surface area (Å²) in [6, 6.07) is 3.61. The number of methoxy groups -OCH3 is 2. The number of hydrogen-bond acceptors (Lipinski definition) is 4. The summed E-state index contributed by atoms with van der Waals surface area (Å²) in [5.74, 6) is 0.832. The number of halogens is 1. The summed E-state index contributed by atoms with van der Waals surface area (Å²) in [4.78, 5) is 11.4. The van der Waals surface area contributed by atoms with Gasteiger partial charge >= 0.3 is 5.97 Å². The van der Waals surface area contributed by atoms with Crippen LogP contribution in [0.15, 0.2) is 22.7 Å². The highest BCUT2D eigenvalue weighted by atomic mass is 79.9. The Morgan fingerprint density at radius 3 is 2.47 bits per heavy atom. The van der Waals surface area contributed by atoms with Crippen LogP contribution in [0.4, 0.5) is 0 Å². The van der Waals surface area contributed by atoms with Crippen LogP contribution in [0.3, 0.4) is 0 Å². The quantitative estimate of drug-likeness (QED) is 0.613. The van der Waals surface area contributed by atoms with Crippen LogP contribution in [-0.4, -0.2) is 26.3 Å². The average Bonchev–Trinajstić information content (AvgIpc) is 2.34. The zero-order valence-electron chi connectivity index (χ0n) is 11.4. The summed E-state index contributed by atoms with van der Waals surface area (Å²) < 4.78 is 16.2. The summed E-state index contributed by atoms with van der Waals surface area (Å²) in [7, 11) is 3.13. The lowest BCUT2D eigenvalue weighted by molar-refractivity contribution is -0.141. The minimum Gasteiger partial charge on any atom is -0.493 e. The lowest BCUT2D eigenvalue weighted by Crippen LogP contribution is -2.08. The Kier molecular flexibility index (Phi) is 5.89. The Bertz CT molecular complexity index is 481. The molecule has 1 rings (SSSR count). The van der Waals surface area contributed by atoms with Gasteiger partial charge in [-0.25, -0.2) is 4.79 Å². The molecule has 0 fully saturated rings. The lowest BCUT2D eigenvalue weighted by Gasteiger charge is -2.10. The minimum atomic E-state index is -0.374. The molecule has 0 saturated carbocycles. The summed E-state index contributed by atoms with van der Waals surface area (Å²) in [6.07, 6.45) is 2.92. The standard InChI is InChI=1S/C14H17BrO4/c1-9(2)19-13(16)6-5-10-7-11(15)14(18-4)12(8-10)17-3/h5-9H,1-4H3/b6-5+. The van der Waals surface area contributed by atoms with E-state index >= 15 is 0 Å². The highest BCUT2D eigenvalue weighted by molar-refractivity contribution is 9.10. The fraction of sp³-hybridized carbons (Fsp3) is 0.357. The van der Waals surface area contributed by atoms with Crippen molar-refractivity contribution in [1.29, 1.82) is 0 Å². The minimum absolute atomic E-state index is 0.130. The van der Waals surface area contributed by atoms with Gasteiger partial charge in [0.25, 0.3) is 0 Å². The van der Waals surface area contributed by atoms with Gasteiger partial charge in [0.05, 0.1) is 24.8 Å². The summed E-state index contributed by atoms with van der Waals surface area (Å²) >= 11 is 3.39. The first-order chi connectivity index (χ1) is 8.97. The molecule has 0 aliphatic heterocycles. The van der Waals surface area contributed by atoms with Crippen molar-refractivity contribution in [3.05, 3.63) is 28.2 Å². The zero-order chi connectivity index (χ0) is 14.4. The third-order valence-electron chi connectivity index (χ3n) is 2.22. The second-order valence-electron chi connectivity index (χ2n) is 4.06. The van der Waals surface area contributed by atoms with Gasteiger partial charge < -0.3 is 14.2 Å². The van der Waals surface area contributed by atoms with Crippen LogP contribution in [0, 0.1) is 0 Å². The van der Waals surface area contributed by atoms with Crippen molar-refractivity contribution in [2.24, 2.45) is 0 Å². The van der Waals surface area contributed by atoms with Gasteiger partial charge in [0.15, 0.2) is 11.5 Å². The van der Waals surface area contributed by atoms with Gasteiger partial charge in [-0.2, -0.15) is 0 Å². The Hall–Kier alpha value is -1.49. The molecule has 0 aliphatic carbocycles. The van der Waals surface area contributed by atoms with Gasteiger partial charge in [-0.15, -0.1) is 0 Å². The second-order valence-corrected chi connectivity index (χ2v) is 4.91. The summed E-state index contributed by atoms with van der Waals surface area (Å²) in [5, 5.41) is 0. The van der Waals surface area contributed by atoms with Crippen molar-refractivity contribution in [3.8, 4) is 11.5 Å². The fourth-order valence-corrected chi connectivity index (χ4v) is 2.09. The van der Waals surface area contributed by atoms with Crippen LogP contribution >= 0.6 is 15.9 Å². The van der Waals surface area contributed by atoms with E-state index in [9.17, 15) is 4.79 Å². The number of rotatable bonds is 5. The second kappa shape index (κ2) is 7.19. The molecule has 0 amide bonds. The monoisotopic (exact) mass is 328 g/mol. The third kappa shape index (κ3) is 4.59. The summed E-state index contributed by atoms with van der Waals surface area (Å²) in [6.45, 7) is 3.61. The van der Waals surface area contributed by atoms with Gasteiger partial charge in [0.1, 0.15) is 0 Å². The van der Waals surface area contributed by atoms with Crippen molar-refractivity contribution >= 4 is 28.0 Å². The molecule has 0 spiro atoms. The molecule has 0 aromatic heterocycles. The SMILES string of the molecule is COc1cc(/C=C/C(=O)OC(C)C)cc(Br)c1OC. The molecular formula is C14H17BrO4. The number of hydrogen-bond donors (Lipinski definition) is 0. The van der Waals surface area contributed by atoms with Crippen LogP contribution in [-0.2, 0) is 9.53 Å². The molecule has 0 aliphatic rings. The van der Waals surface area contributed by atoms with Crippen molar-refractivity contribution < 1.29 is 19.0 Å². The Balaban J connectivity index is 2.93. The molecule has 5 heteroatoms. The molecule has 0 bridgehead atoms. The first-order valence-corrected chi connectivity index (χ1v) is 6.57. The maximum absolute atomic E-state index is 11.4. The number of carbonyl (C=O) groups is 1. The van der Waals surface area contributed by atoms with Crippen LogP contribution < -0.4 is 9.47 Å². The molecule has 4 nitrogen and oxygen atoms in total. The van der Waals surface area contributed by atoms with E-state index in [-0.39, 0.29) is 12.1 Å². The molecule has 19 heavy (non-hydrogen) atoms. The van der Waals surface area contributed by atoms with Crippen molar-refractivity contribution in [2.45, 2.75) is 20.0 Å². The van der Waals surface area contributed by atoms with Crippen molar-refractivity contribution in [3.63, 3.8) is 0 Å². The zero-order valence-corrected chi connectivity index (χ0v) is 13.0. The molecule has 0 heterocycles. The van der Waals surface area contributed by atoms with Gasteiger partial charge in [-0.05, 0) is 53.5 Å².